The monoisotopic (exact) mass is 810 g/mol. The van der Waals surface area contributed by atoms with Gasteiger partial charge in [-0.1, -0.05) is 24.3 Å². The van der Waals surface area contributed by atoms with Crippen molar-refractivity contribution in [2.45, 2.75) is 12.8 Å². The van der Waals surface area contributed by atoms with E-state index < -0.39 is 57.0 Å². The molecule has 1 aromatic heterocycles. The molecule has 0 atom stereocenters. The van der Waals surface area contributed by atoms with E-state index >= 15 is 0 Å². The standard InChI is InChI=1S/C39H32F2N8O10/c40-26-15-24-31(17-29(26)50)59-32-18-30(51)27(41)16-25(32)35(24)22-7-6-20(14-23(22)38(55)56)37(54)45-11-9-34(53)43-13-12-42-33(52)8-10-44-36-28(49(57)58)19-46-39(48-36)47-21-4-2-1-3-5-21/h1-7,14-19,50H,8-13H2,(H,42,52)(H,43,53)(H,45,54)(H,55,56)(H2,44,46,47,48). The zero-order valence-electron chi connectivity index (χ0n) is 30.5. The number of amides is 3. The maximum absolute atomic E-state index is 14.5. The van der Waals surface area contributed by atoms with Crippen molar-refractivity contribution in [3.63, 3.8) is 0 Å². The molecule has 3 aromatic carbocycles. The highest BCUT2D eigenvalue weighted by Gasteiger charge is 2.25. The third-order valence-electron chi connectivity index (χ3n) is 8.67. The van der Waals surface area contributed by atoms with Gasteiger partial charge in [0.25, 0.3) is 5.91 Å². The summed E-state index contributed by atoms with van der Waals surface area (Å²) in [5, 5.41) is 44.8. The number of nitrogens with one attached hydrogen (secondary N) is 5. The number of nitrogens with zero attached hydrogens (tertiary/aromatic N) is 3. The lowest BCUT2D eigenvalue weighted by Crippen LogP contribution is -2.36. The molecule has 0 saturated heterocycles. The Balaban J connectivity index is 0.993. The van der Waals surface area contributed by atoms with Crippen molar-refractivity contribution in [2.75, 3.05) is 36.8 Å². The molecule has 0 bridgehead atoms. The van der Waals surface area contributed by atoms with Gasteiger partial charge < -0.3 is 41.2 Å². The van der Waals surface area contributed by atoms with Gasteiger partial charge in [0.1, 0.15) is 17.5 Å². The van der Waals surface area contributed by atoms with Gasteiger partial charge in [0.15, 0.2) is 17.4 Å². The Morgan fingerprint density at radius 2 is 1.54 bits per heavy atom. The number of carboxylic acids is 1. The number of para-hydroxylation sites is 1. The lowest BCUT2D eigenvalue weighted by Gasteiger charge is -2.17. The van der Waals surface area contributed by atoms with Crippen molar-refractivity contribution in [1.82, 2.24) is 25.9 Å². The van der Waals surface area contributed by atoms with Crippen LogP contribution in [0.1, 0.15) is 33.6 Å². The maximum atomic E-state index is 14.5. The average Bonchev–Trinajstić information content (AvgIpc) is 3.20. The molecule has 1 aliphatic carbocycles. The van der Waals surface area contributed by atoms with E-state index in [-0.39, 0.29) is 95.5 Å². The molecule has 0 unspecified atom stereocenters. The zero-order valence-corrected chi connectivity index (χ0v) is 30.5. The van der Waals surface area contributed by atoms with Crippen molar-refractivity contribution in [1.29, 1.82) is 0 Å². The zero-order chi connectivity index (χ0) is 42.2. The van der Waals surface area contributed by atoms with Crippen LogP contribution in [0.4, 0.5) is 31.9 Å². The number of aromatic hydroxyl groups is 1. The number of halogens is 2. The Hall–Kier alpha value is -8.03. The first-order chi connectivity index (χ1) is 28.3. The molecular weight excluding hydrogens is 778 g/mol. The minimum absolute atomic E-state index is 0.00214. The van der Waals surface area contributed by atoms with E-state index in [0.717, 1.165) is 36.5 Å². The van der Waals surface area contributed by atoms with Gasteiger partial charge in [-0.15, -0.1) is 0 Å². The number of hydrogen-bond donors (Lipinski definition) is 7. The molecule has 59 heavy (non-hydrogen) atoms. The smallest absolute Gasteiger partial charge is 0.336 e. The molecule has 3 amide bonds. The average molecular weight is 811 g/mol. The van der Waals surface area contributed by atoms with Crippen LogP contribution in [0.2, 0.25) is 0 Å². The first-order valence-corrected chi connectivity index (χ1v) is 17.6. The number of carboxylic acid groups (broad SMARTS) is 1. The summed E-state index contributed by atoms with van der Waals surface area (Å²) in [5.41, 5.74) is -1.61. The van der Waals surface area contributed by atoms with E-state index in [1.807, 2.05) is 6.07 Å². The minimum Gasteiger partial charge on any atom is -0.505 e. The third-order valence-corrected chi connectivity index (χ3v) is 8.67. The number of rotatable bonds is 16. The Bertz CT molecular complexity index is 2640. The van der Waals surface area contributed by atoms with Crippen molar-refractivity contribution in [3.05, 3.63) is 122 Å². The molecule has 6 rings (SSSR count). The molecule has 2 heterocycles. The quantitative estimate of drug-likeness (QED) is 0.0306. The molecule has 7 N–H and O–H groups in total. The molecule has 20 heteroatoms. The summed E-state index contributed by atoms with van der Waals surface area (Å²) >= 11 is 0. The van der Waals surface area contributed by atoms with Gasteiger partial charge in [-0.05, 0) is 42.0 Å². The van der Waals surface area contributed by atoms with E-state index in [2.05, 4.69) is 36.6 Å². The Labute approximate surface area is 330 Å². The van der Waals surface area contributed by atoms with Crippen molar-refractivity contribution >= 4 is 57.8 Å². The van der Waals surface area contributed by atoms with Gasteiger partial charge in [-0.2, -0.15) is 4.98 Å². The summed E-state index contributed by atoms with van der Waals surface area (Å²) in [7, 11) is 0. The summed E-state index contributed by atoms with van der Waals surface area (Å²) in [6.07, 6.45) is 0.791. The molecule has 0 spiro atoms. The Morgan fingerprint density at radius 3 is 2.24 bits per heavy atom. The van der Waals surface area contributed by atoms with Crippen molar-refractivity contribution in [2.24, 2.45) is 0 Å². The molecule has 0 saturated carbocycles. The molecule has 1 aliphatic heterocycles. The SMILES string of the molecule is O=C(CCNC(=O)c1ccc(-c2c3cc(F)c(=O)cc-3oc3cc(O)c(F)cc23)c(C(=O)O)c1)NCCNC(=O)CCNc1nc(Nc2ccccc2)ncc1[N+](=O)[O-]. The second-order valence-corrected chi connectivity index (χ2v) is 12.7. The molecule has 2 aliphatic rings. The molecule has 0 fully saturated rings. The highest BCUT2D eigenvalue weighted by molar-refractivity contribution is 6.09. The van der Waals surface area contributed by atoms with Crippen LogP contribution in [-0.2, 0) is 9.59 Å². The van der Waals surface area contributed by atoms with Crippen molar-refractivity contribution < 1.29 is 47.5 Å². The van der Waals surface area contributed by atoms with E-state index in [0.29, 0.717) is 5.69 Å². The molecule has 4 aromatic rings. The van der Waals surface area contributed by atoms with Gasteiger partial charge in [0.05, 0.1) is 10.5 Å². The Kier molecular flexibility index (Phi) is 12.3. The fourth-order valence-corrected chi connectivity index (χ4v) is 5.89. The minimum atomic E-state index is -1.50. The first kappa shape index (κ1) is 40.6. The van der Waals surface area contributed by atoms with Crippen LogP contribution >= 0.6 is 0 Å². The number of fused-ring (bicyclic) bond motifs is 2. The number of carbonyl (C=O) groups excluding carboxylic acids is 3. The number of carbonyl (C=O) groups is 4. The molecule has 0 radical (unpaired) electrons. The summed E-state index contributed by atoms with van der Waals surface area (Å²) in [6, 6.07) is 15.9. The maximum Gasteiger partial charge on any atom is 0.336 e. The lowest BCUT2D eigenvalue weighted by atomic mass is 9.89. The summed E-state index contributed by atoms with van der Waals surface area (Å²) in [5.74, 6) is -6.31. The number of nitro groups is 1. The number of benzene rings is 4. The molecular formula is C39H32F2N8O10. The van der Waals surface area contributed by atoms with Crippen LogP contribution in [0.15, 0.2) is 88.2 Å². The van der Waals surface area contributed by atoms with Crippen molar-refractivity contribution in [3.8, 4) is 28.2 Å². The number of aromatic nitrogens is 2. The predicted molar refractivity (Wildman–Crippen MR) is 208 cm³/mol. The molecule has 302 valence electrons. The fourth-order valence-electron chi connectivity index (χ4n) is 5.89. The normalized spacial score (nSPS) is 10.9. The van der Waals surface area contributed by atoms with Crippen LogP contribution in [0.25, 0.3) is 33.4 Å². The van der Waals surface area contributed by atoms with E-state index in [1.54, 1.807) is 24.3 Å². The topological polar surface area (TPSA) is 268 Å². The number of hydrogen-bond acceptors (Lipinski definition) is 13. The van der Waals surface area contributed by atoms with Crippen LogP contribution in [0.5, 0.6) is 5.75 Å². The van der Waals surface area contributed by atoms with Gasteiger partial charge in [-0.25, -0.2) is 18.6 Å². The lowest BCUT2D eigenvalue weighted by molar-refractivity contribution is -0.384. The highest BCUT2D eigenvalue weighted by Crippen LogP contribution is 2.43. The number of anilines is 3. The summed E-state index contributed by atoms with van der Waals surface area (Å²) < 4.78 is 34.6. The summed E-state index contributed by atoms with van der Waals surface area (Å²) in [4.78, 5) is 81.1. The third kappa shape index (κ3) is 9.68. The predicted octanol–water partition coefficient (Wildman–Crippen LogP) is 4.54. The molecule has 18 nitrogen and oxygen atoms in total. The van der Waals surface area contributed by atoms with Gasteiger partial charge in [-0.3, -0.25) is 29.3 Å². The number of phenolic OH excluding ortho intramolecular Hbond substituents is 1. The fraction of sp³-hybridized carbons (Fsp3) is 0.154. The van der Waals surface area contributed by atoms with Gasteiger partial charge in [0, 0.05) is 78.9 Å². The van der Waals surface area contributed by atoms with E-state index in [4.69, 9.17) is 4.42 Å². The highest BCUT2D eigenvalue weighted by atomic mass is 19.1. The Morgan fingerprint density at radius 1 is 0.831 bits per heavy atom. The van der Waals surface area contributed by atoms with Crippen LogP contribution in [0, 0.1) is 21.7 Å². The van der Waals surface area contributed by atoms with E-state index in [1.165, 1.54) is 12.1 Å². The number of aromatic carboxylic acids is 1. The number of phenols is 1. The van der Waals surface area contributed by atoms with Gasteiger partial charge in [0.2, 0.25) is 29.0 Å². The van der Waals surface area contributed by atoms with E-state index in [9.17, 15) is 53.1 Å². The van der Waals surface area contributed by atoms with Crippen LogP contribution in [0.3, 0.4) is 0 Å². The van der Waals surface area contributed by atoms with Crippen LogP contribution in [-0.4, -0.2) is 75.0 Å². The largest absolute Gasteiger partial charge is 0.505 e. The second-order valence-electron chi connectivity index (χ2n) is 12.7. The second kappa shape index (κ2) is 17.8. The van der Waals surface area contributed by atoms with Crippen LogP contribution < -0.4 is 32.0 Å². The first-order valence-electron chi connectivity index (χ1n) is 17.6. The van der Waals surface area contributed by atoms with Gasteiger partial charge >= 0.3 is 11.7 Å². The summed E-state index contributed by atoms with van der Waals surface area (Å²) in [6.45, 7) is -0.0542.